The van der Waals surface area contributed by atoms with Crippen molar-refractivity contribution in [3.8, 4) is 0 Å². The van der Waals surface area contributed by atoms with E-state index in [1.807, 2.05) is 30.3 Å². The molecule has 1 heterocycles. The lowest BCUT2D eigenvalue weighted by atomic mass is 9.97. The maximum absolute atomic E-state index is 12.1. The van der Waals surface area contributed by atoms with Gasteiger partial charge >= 0.3 is 5.97 Å². The molecule has 0 saturated carbocycles. The van der Waals surface area contributed by atoms with Crippen molar-refractivity contribution in [3.05, 3.63) is 66.1 Å². The first kappa shape index (κ1) is 18.5. The van der Waals surface area contributed by atoms with Gasteiger partial charge in [0.05, 0.1) is 12.3 Å². The normalized spacial score (nSPS) is 12.3. The molecule has 5 heteroatoms. The topological polar surface area (TPSA) is 68.5 Å². The Morgan fingerprint density at radius 3 is 2.56 bits per heavy atom. The third-order valence-corrected chi connectivity index (χ3v) is 3.52. The molecular formula is C20H23NO4. The molecule has 5 nitrogen and oxygen atoms in total. The van der Waals surface area contributed by atoms with Crippen molar-refractivity contribution in [1.29, 1.82) is 0 Å². The average molecular weight is 341 g/mol. The molecule has 0 aliphatic rings. The molecule has 132 valence electrons. The summed E-state index contributed by atoms with van der Waals surface area (Å²) in [5.41, 5.74) is 1.04. The van der Waals surface area contributed by atoms with Crippen LogP contribution in [-0.2, 0) is 14.3 Å². The van der Waals surface area contributed by atoms with Gasteiger partial charge in [0, 0.05) is 6.08 Å². The fourth-order valence-corrected chi connectivity index (χ4v) is 2.39. The standard InChI is InChI=1S/C20H23NO4/c1-15(2)13-18(16-7-4-3-5-8-16)21-19(22)14-25-20(23)11-10-17-9-6-12-24-17/h3-12,15,18H,13-14H2,1-2H3,(H,21,22)/b11-10+/t18-/m1/s1. The van der Waals surface area contributed by atoms with Crippen LogP contribution in [0.5, 0.6) is 0 Å². The van der Waals surface area contributed by atoms with Gasteiger partial charge < -0.3 is 14.5 Å². The summed E-state index contributed by atoms with van der Waals surface area (Å²) in [5.74, 6) is 0.0488. The van der Waals surface area contributed by atoms with E-state index in [1.165, 1.54) is 18.4 Å². The molecule has 1 aromatic heterocycles. The third-order valence-electron chi connectivity index (χ3n) is 3.52. The number of rotatable bonds is 8. The number of carbonyl (C=O) groups excluding carboxylic acids is 2. The molecular weight excluding hydrogens is 318 g/mol. The number of nitrogens with one attached hydrogen (secondary N) is 1. The molecule has 0 bridgehead atoms. The van der Waals surface area contributed by atoms with E-state index in [-0.39, 0.29) is 18.6 Å². The van der Waals surface area contributed by atoms with E-state index < -0.39 is 5.97 Å². The van der Waals surface area contributed by atoms with Crippen LogP contribution in [0.3, 0.4) is 0 Å². The second kappa shape index (κ2) is 9.47. The number of ether oxygens (including phenoxy) is 1. The molecule has 0 aliphatic carbocycles. The summed E-state index contributed by atoms with van der Waals surface area (Å²) < 4.78 is 10.0. The fraction of sp³-hybridized carbons (Fsp3) is 0.300. The summed E-state index contributed by atoms with van der Waals surface area (Å²) >= 11 is 0. The highest BCUT2D eigenvalue weighted by Crippen LogP contribution is 2.20. The Bertz CT molecular complexity index is 690. The fourth-order valence-electron chi connectivity index (χ4n) is 2.39. The smallest absolute Gasteiger partial charge is 0.331 e. The number of hydrogen-bond acceptors (Lipinski definition) is 4. The lowest BCUT2D eigenvalue weighted by Gasteiger charge is -2.21. The van der Waals surface area contributed by atoms with Crippen molar-refractivity contribution in [2.24, 2.45) is 5.92 Å². The van der Waals surface area contributed by atoms with Crippen molar-refractivity contribution in [2.45, 2.75) is 26.3 Å². The summed E-state index contributed by atoms with van der Waals surface area (Å²) in [5, 5.41) is 2.93. The molecule has 1 atom stereocenters. The quantitative estimate of drug-likeness (QED) is 0.587. The van der Waals surface area contributed by atoms with E-state index in [9.17, 15) is 9.59 Å². The molecule has 0 spiro atoms. The third kappa shape index (κ3) is 6.67. The SMILES string of the molecule is CC(C)C[C@@H](NC(=O)COC(=O)/C=C/c1ccco1)c1ccccc1. The van der Waals surface area contributed by atoms with Gasteiger partial charge in [-0.3, -0.25) is 4.79 Å². The van der Waals surface area contributed by atoms with Crippen LogP contribution in [0.2, 0.25) is 0 Å². The molecule has 0 fully saturated rings. The minimum atomic E-state index is -0.591. The Hall–Kier alpha value is -2.82. The zero-order valence-corrected chi connectivity index (χ0v) is 14.5. The number of benzene rings is 1. The number of amides is 1. The minimum absolute atomic E-state index is 0.105. The molecule has 1 N–H and O–H groups in total. The molecule has 1 aromatic carbocycles. The average Bonchev–Trinajstić information content (AvgIpc) is 3.11. The van der Waals surface area contributed by atoms with Crippen molar-refractivity contribution in [3.63, 3.8) is 0 Å². The van der Waals surface area contributed by atoms with Crippen molar-refractivity contribution < 1.29 is 18.7 Å². The van der Waals surface area contributed by atoms with E-state index >= 15 is 0 Å². The zero-order valence-electron chi connectivity index (χ0n) is 14.5. The van der Waals surface area contributed by atoms with E-state index in [0.717, 1.165) is 12.0 Å². The van der Waals surface area contributed by atoms with E-state index in [1.54, 1.807) is 12.1 Å². The Labute approximate surface area is 147 Å². The number of hydrogen-bond donors (Lipinski definition) is 1. The van der Waals surface area contributed by atoms with Gasteiger partial charge in [-0.05, 0) is 36.1 Å². The summed E-state index contributed by atoms with van der Waals surface area (Å²) in [4.78, 5) is 23.8. The van der Waals surface area contributed by atoms with Crippen LogP contribution in [0.25, 0.3) is 6.08 Å². The Kier molecular flexibility index (Phi) is 7.01. The summed E-state index contributed by atoms with van der Waals surface area (Å²) in [7, 11) is 0. The highest BCUT2D eigenvalue weighted by molar-refractivity contribution is 5.89. The summed E-state index contributed by atoms with van der Waals surface area (Å²) in [6.07, 6.45) is 5.04. The van der Waals surface area contributed by atoms with Crippen LogP contribution < -0.4 is 5.32 Å². The predicted molar refractivity (Wildman–Crippen MR) is 95.5 cm³/mol. The van der Waals surface area contributed by atoms with Gasteiger partial charge in [0.1, 0.15) is 5.76 Å². The molecule has 2 aromatic rings. The summed E-state index contributed by atoms with van der Waals surface area (Å²) in [6.45, 7) is 3.88. The molecule has 2 rings (SSSR count). The lowest BCUT2D eigenvalue weighted by molar-refractivity contribution is -0.144. The first-order chi connectivity index (χ1) is 12.0. The van der Waals surface area contributed by atoms with Crippen LogP contribution in [0, 0.1) is 5.92 Å². The number of esters is 1. The van der Waals surface area contributed by atoms with Crippen LogP contribution in [0.4, 0.5) is 0 Å². The zero-order chi connectivity index (χ0) is 18.1. The van der Waals surface area contributed by atoms with Gasteiger partial charge in [-0.25, -0.2) is 4.79 Å². The predicted octanol–water partition coefficient (Wildman–Crippen LogP) is 3.74. The number of furan rings is 1. The monoisotopic (exact) mass is 341 g/mol. The second-order valence-electron chi connectivity index (χ2n) is 6.12. The Morgan fingerprint density at radius 1 is 1.16 bits per heavy atom. The van der Waals surface area contributed by atoms with Crippen LogP contribution >= 0.6 is 0 Å². The first-order valence-corrected chi connectivity index (χ1v) is 8.27. The minimum Gasteiger partial charge on any atom is -0.465 e. The van der Waals surface area contributed by atoms with Crippen LogP contribution in [0.15, 0.2) is 59.2 Å². The molecule has 0 radical (unpaired) electrons. The lowest BCUT2D eigenvalue weighted by Crippen LogP contribution is -2.33. The second-order valence-corrected chi connectivity index (χ2v) is 6.12. The van der Waals surface area contributed by atoms with Gasteiger partial charge in [-0.2, -0.15) is 0 Å². The first-order valence-electron chi connectivity index (χ1n) is 8.27. The molecule has 25 heavy (non-hydrogen) atoms. The van der Waals surface area contributed by atoms with Gasteiger partial charge in [0.25, 0.3) is 5.91 Å². The molecule has 0 aliphatic heterocycles. The highest BCUT2D eigenvalue weighted by atomic mass is 16.5. The van der Waals surface area contributed by atoms with Crippen molar-refractivity contribution in [2.75, 3.05) is 6.61 Å². The van der Waals surface area contributed by atoms with Crippen LogP contribution in [-0.4, -0.2) is 18.5 Å². The van der Waals surface area contributed by atoms with E-state index in [2.05, 4.69) is 19.2 Å². The van der Waals surface area contributed by atoms with E-state index in [4.69, 9.17) is 9.15 Å². The van der Waals surface area contributed by atoms with Gasteiger partial charge in [-0.15, -0.1) is 0 Å². The maximum Gasteiger partial charge on any atom is 0.331 e. The van der Waals surface area contributed by atoms with Crippen LogP contribution in [0.1, 0.15) is 37.6 Å². The summed E-state index contributed by atoms with van der Waals surface area (Å²) in [6, 6.07) is 13.1. The van der Waals surface area contributed by atoms with Crippen molar-refractivity contribution >= 4 is 18.0 Å². The van der Waals surface area contributed by atoms with Gasteiger partial charge in [-0.1, -0.05) is 44.2 Å². The van der Waals surface area contributed by atoms with Crippen molar-refractivity contribution in [1.82, 2.24) is 5.32 Å². The van der Waals surface area contributed by atoms with E-state index in [0.29, 0.717) is 11.7 Å². The Morgan fingerprint density at radius 2 is 1.92 bits per heavy atom. The number of carbonyl (C=O) groups is 2. The molecule has 0 unspecified atom stereocenters. The maximum atomic E-state index is 12.1. The van der Waals surface area contributed by atoms with Gasteiger partial charge in [0.15, 0.2) is 6.61 Å². The highest BCUT2D eigenvalue weighted by Gasteiger charge is 2.16. The van der Waals surface area contributed by atoms with Gasteiger partial charge in [0.2, 0.25) is 0 Å². The molecule has 0 saturated heterocycles. The largest absolute Gasteiger partial charge is 0.465 e. The Balaban J connectivity index is 1.85. The molecule has 1 amide bonds.